The molecule has 0 aliphatic carbocycles. The Labute approximate surface area is 116 Å². The fourth-order valence-electron chi connectivity index (χ4n) is 2.05. The molecule has 0 fully saturated rings. The van der Waals surface area contributed by atoms with Crippen molar-refractivity contribution >= 4 is 11.5 Å². The highest BCUT2D eigenvalue weighted by atomic mass is 19.1. The Hall–Kier alpha value is -2.43. The number of fused-ring (bicyclic) bond motifs is 1. The smallest absolute Gasteiger partial charge is 0.142 e. The quantitative estimate of drug-likeness (QED) is 0.718. The van der Waals surface area contributed by atoms with Crippen LogP contribution in [0.2, 0.25) is 0 Å². The first kappa shape index (κ1) is 12.6. The van der Waals surface area contributed by atoms with Crippen molar-refractivity contribution in [3.8, 4) is 11.3 Å². The predicted molar refractivity (Wildman–Crippen MR) is 77.4 cm³/mol. The normalized spacial score (nSPS) is 11.0. The van der Waals surface area contributed by atoms with Crippen molar-refractivity contribution < 1.29 is 4.39 Å². The second kappa shape index (κ2) is 4.59. The van der Waals surface area contributed by atoms with Crippen molar-refractivity contribution in [1.82, 2.24) is 14.4 Å². The molecule has 0 aliphatic rings. The number of rotatable bonds is 2. The molecule has 5 heteroatoms. The Morgan fingerprint density at radius 3 is 2.65 bits per heavy atom. The van der Waals surface area contributed by atoms with Crippen molar-refractivity contribution in [2.45, 2.75) is 6.92 Å². The lowest BCUT2D eigenvalue weighted by molar-refractivity contribution is 0.610. The molecule has 3 rings (SSSR count). The summed E-state index contributed by atoms with van der Waals surface area (Å²) in [5.74, 6) is 0.655. The van der Waals surface area contributed by atoms with E-state index in [1.807, 2.05) is 37.3 Å². The van der Waals surface area contributed by atoms with Gasteiger partial charge in [-0.2, -0.15) is 0 Å². The van der Waals surface area contributed by atoms with Gasteiger partial charge in [-0.1, -0.05) is 0 Å². The van der Waals surface area contributed by atoms with Crippen molar-refractivity contribution in [2.75, 3.05) is 19.0 Å². The van der Waals surface area contributed by atoms with Crippen molar-refractivity contribution in [3.63, 3.8) is 0 Å². The maximum atomic E-state index is 13.5. The second-order valence-electron chi connectivity index (χ2n) is 5.00. The van der Waals surface area contributed by atoms with Gasteiger partial charge in [0, 0.05) is 38.2 Å². The van der Waals surface area contributed by atoms with Crippen LogP contribution < -0.4 is 4.90 Å². The van der Waals surface area contributed by atoms with Crippen LogP contribution in [0.1, 0.15) is 5.56 Å². The lowest BCUT2D eigenvalue weighted by Crippen LogP contribution is -2.09. The molecule has 102 valence electrons. The van der Waals surface area contributed by atoms with E-state index in [1.165, 1.54) is 6.20 Å². The van der Waals surface area contributed by atoms with Gasteiger partial charge < -0.3 is 9.30 Å². The highest BCUT2D eigenvalue weighted by molar-refractivity contribution is 5.63. The minimum absolute atomic E-state index is 0.234. The number of hydrogen-bond donors (Lipinski definition) is 0. The molecule has 0 bridgehead atoms. The zero-order valence-electron chi connectivity index (χ0n) is 11.6. The van der Waals surface area contributed by atoms with E-state index in [1.54, 1.807) is 23.6 Å². The molecule has 3 aromatic heterocycles. The molecule has 20 heavy (non-hydrogen) atoms. The fraction of sp³-hybridized carbons (Fsp3) is 0.200. The Bertz CT molecular complexity index is 720. The summed E-state index contributed by atoms with van der Waals surface area (Å²) in [5.41, 5.74) is 3.02. The Balaban J connectivity index is 2.05. The number of aryl methyl sites for hydroxylation is 1. The van der Waals surface area contributed by atoms with Gasteiger partial charge in [0.05, 0.1) is 5.69 Å². The van der Waals surface area contributed by atoms with E-state index in [4.69, 9.17) is 0 Å². The van der Waals surface area contributed by atoms with Crippen molar-refractivity contribution in [1.29, 1.82) is 0 Å². The van der Waals surface area contributed by atoms with Crippen LogP contribution >= 0.6 is 0 Å². The number of anilines is 1. The maximum Gasteiger partial charge on any atom is 0.142 e. The van der Waals surface area contributed by atoms with Crippen LogP contribution in [0.4, 0.5) is 10.2 Å². The molecule has 0 amide bonds. The van der Waals surface area contributed by atoms with Crippen LogP contribution in [0, 0.1) is 12.7 Å². The molecular weight excluding hydrogens is 255 g/mol. The van der Waals surface area contributed by atoms with E-state index in [0.717, 1.165) is 22.7 Å². The largest absolute Gasteiger partial charge is 0.363 e. The molecule has 0 spiro atoms. The first-order valence-electron chi connectivity index (χ1n) is 6.33. The lowest BCUT2D eigenvalue weighted by atomic mass is 10.2. The first-order chi connectivity index (χ1) is 9.54. The zero-order valence-corrected chi connectivity index (χ0v) is 11.6. The molecule has 0 aliphatic heterocycles. The van der Waals surface area contributed by atoms with Gasteiger partial charge in [-0.25, -0.2) is 14.4 Å². The Morgan fingerprint density at radius 2 is 2.00 bits per heavy atom. The number of pyridine rings is 2. The highest BCUT2D eigenvalue weighted by Gasteiger charge is 2.08. The van der Waals surface area contributed by atoms with Gasteiger partial charge in [-0.05, 0) is 30.7 Å². The molecule has 0 radical (unpaired) electrons. The molecule has 3 heterocycles. The molecular formula is C15H15FN4. The van der Waals surface area contributed by atoms with E-state index in [0.29, 0.717) is 5.56 Å². The van der Waals surface area contributed by atoms with Gasteiger partial charge in [-0.3, -0.25) is 0 Å². The second-order valence-corrected chi connectivity index (χ2v) is 5.00. The van der Waals surface area contributed by atoms with E-state index >= 15 is 0 Å². The third-order valence-corrected chi connectivity index (χ3v) is 3.24. The third-order valence-electron chi connectivity index (χ3n) is 3.24. The van der Waals surface area contributed by atoms with E-state index in [-0.39, 0.29) is 5.82 Å². The van der Waals surface area contributed by atoms with Gasteiger partial charge in [-0.15, -0.1) is 0 Å². The van der Waals surface area contributed by atoms with Gasteiger partial charge in [0.15, 0.2) is 0 Å². The van der Waals surface area contributed by atoms with Gasteiger partial charge in [0.1, 0.15) is 17.3 Å². The summed E-state index contributed by atoms with van der Waals surface area (Å²) in [6.07, 6.45) is 5.04. The number of imidazole rings is 1. The monoisotopic (exact) mass is 270 g/mol. The number of aromatic nitrogens is 3. The molecule has 0 N–H and O–H groups in total. The molecule has 0 aromatic carbocycles. The number of nitrogens with zero attached hydrogens (tertiary/aromatic N) is 4. The van der Waals surface area contributed by atoms with E-state index in [9.17, 15) is 4.39 Å². The zero-order chi connectivity index (χ0) is 14.3. The van der Waals surface area contributed by atoms with Crippen LogP contribution in [0.5, 0.6) is 0 Å². The minimum Gasteiger partial charge on any atom is -0.363 e. The molecule has 0 saturated carbocycles. The molecule has 0 atom stereocenters. The average Bonchev–Trinajstić information content (AvgIpc) is 2.82. The summed E-state index contributed by atoms with van der Waals surface area (Å²) in [5, 5.41) is 0. The number of hydrogen-bond acceptors (Lipinski definition) is 3. The summed E-state index contributed by atoms with van der Waals surface area (Å²) >= 11 is 0. The summed E-state index contributed by atoms with van der Waals surface area (Å²) in [6, 6.07) is 5.64. The van der Waals surface area contributed by atoms with Crippen LogP contribution in [-0.4, -0.2) is 28.5 Å². The molecule has 0 saturated heterocycles. The van der Waals surface area contributed by atoms with Crippen LogP contribution in [0.15, 0.2) is 36.8 Å². The summed E-state index contributed by atoms with van der Waals surface area (Å²) in [4.78, 5) is 10.8. The highest BCUT2D eigenvalue weighted by Crippen LogP contribution is 2.21. The molecule has 0 unspecified atom stereocenters. The van der Waals surface area contributed by atoms with Gasteiger partial charge in [0.2, 0.25) is 0 Å². The average molecular weight is 270 g/mol. The standard InChI is InChI=1S/C15H15FN4/c1-10-6-15-18-13(9-20(15)8-12(10)16)11-4-5-14(17-7-11)19(2)3/h4-9H,1-3H3. The van der Waals surface area contributed by atoms with Crippen molar-refractivity contribution in [2.24, 2.45) is 0 Å². The third kappa shape index (κ3) is 2.11. The van der Waals surface area contributed by atoms with Gasteiger partial charge in [0.25, 0.3) is 0 Å². The SMILES string of the molecule is Cc1cc2nc(-c3ccc(N(C)C)nc3)cn2cc1F. The van der Waals surface area contributed by atoms with Crippen LogP contribution in [-0.2, 0) is 0 Å². The van der Waals surface area contributed by atoms with Crippen LogP contribution in [0.25, 0.3) is 16.9 Å². The Kier molecular flexibility index (Phi) is 2.89. The Morgan fingerprint density at radius 1 is 1.20 bits per heavy atom. The van der Waals surface area contributed by atoms with Crippen LogP contribution in [0.3, 0.4) is 0 Å². The molecule has 3 aromatic rings. The fourth-order valence-corrected chi connectivity index (χ4v) is 2.05. The van der Waals surface area contributed by atoms with Gasteiger partial charge >= 0.3 is 0 Å². The summed E-state index contributed by atoms with van der Waals surface area (Å²) < 4.78 is 15.2. The summed E-state index contributed by atoms with van der Waals surface area (Å²) in [6.45, 7) is 1.73. The summed E-state index contributed by atoms with van der Waals surface area (Å²) in [7, 11) is 3.89. The van der Waals surface area contributed by atoms with E-state index in [2.05, 4.69) is 9.97 Å². The van der Waals surface area contributed by atoms with E-state index < -0.39 is 0 Å². The first-order valence-corrected chi connectivity index (χ1v) is 6.33. The lowest BCUT2D eigenvalue weighted by Gasteiger charge is -2.10. The number of halogens is 1. The van der Waals surface area contributed by atoms with Crippen molar-refractivity contribution in [3.05, 3.63) is 48.2 Å². The predicted octanol–water partition coefficient (Wildman–Crippen LogP) is 2.91. The maximum absolute atomic E-state index is 13.5. The molecule has 4 nitrogen and oxygen atoms in total. The minimum atomic E-state index is -0.234. The topological polar surface area (TPSA) is 33.4 Å².